The van der Waals surface area contributed by atoms with Gasteiger partial charge in [0, 0.05) is 13.1 Å². The molecule has 1 heterocycles. The normalized spacial score (nSPS) is 27.7. The van der Waals surface area contributed by atoms with Crippen LogP contribution in [-0.4, -0.2) is 44.3 Å². The summed E-state index contributed by atoms with van der Waals surface area (Å²) in [5, 5.41) is 0. The molecule has 1 unspecified atom stereocenters. The molecule has 1 fully saturated rings. The molecule has 0 radical (unpaired) electrons. The Hall–Kier alpha value is 0.340. The summed E-state index contributed by atoms with van der Waals surface area (Å²) in [6, 6.07) is 0. The third-order valence-electron chi connectivity index (χ3n) is 1.66. The number of hydrogen-bond donors (Lipinski definition) is 0. The van der Waals surface area contributed by atoms with Crippen molar-refractivity contribution < 1.29 is 8.42 Å². The number of sulfone groups is 1. The lowest BCUT2D eigenvalue weighted by Crippen LogP contribution is -2.35. The molecule has 0 bridgehead atoms. The van der Waals surface area contributed by atoms with E-state index in [1.54, 1.807) is 0 Å². The van der Waals surface area contributed by atoms with Crippen LogP contribution in [0.25, 0.3) is 0 Å². The molecule has 0 N–H and O–H groups in total. The van der Waals surface area contributed by atoms with E-state index in [4.69, 9.17) is 0 Å². The Kier molecular flexibility index (Phi) is 2.67. The van der Waals surface area contributed by atoms with Crippen molar-refractivity contribution in [2.75, 3.05) is 31.3 Å². The molecular formula is C5H12NO2PS. The van der Waals surface area contributed by atoms with Crippen LogP contribution in [0.1, 0.15) is 0 Å². The van der Waals surface area contributed by atoms with Crippen LogP contribution in [-0.2, 0) is 9.84 Å². The summed E-state index contributed by atoms with van der Waals surface area (Å²) in [6.07, 6.45) is 0. The summed E-state index contributed by atoms with van der Waals surface area (Å²) >= 11 is 0. The van der Waals surface area contributed by atoms with E-state index >= 15 is 0 Å². The molecule has 10 heavy (non-hydrogen) atoms. The summed E-state index contributed by atoms with van der Waals surface area (Å²) in [4.78, 5) is 0. The molecule has 5 heteroatoms. The van der Waals surface area contributed by atoms with Gasteiger partial charge in [-0.2, -0.15) is 0 Å². The molecule has 60 valence electrons. The van der Waals surface area contributed by atoms with E-state index in [2.05, 4.69) is 11.3 Å². The van der Waals surface area contributed by atoms with Crippen molar-refractivity contribution in [2.45, 2.75) is 0 Å². The van der Waals surface area contributed by atoms with Gasteiger partial charge in [-0.05, 0) is 6.66 Å². The Morgan fingerprint density at radius 3 is 2.20 bits per heavy atom. The van der Waals surface area contributed by atoms with E-state index in [0.29, 0.717) is 11.5 Å². The van der Waals surface area contributed by atoms with E-state index in [0.717, 1.165) is 21.8 Å². The summed E-state index contributed by atoms with van der Waals surface area (Å²) < 4.78 is 24.0. The lowest BCUT2D eigenvalue weighted by Gasteiger charge is -2.24. The van der Waals surface area contributed by atoms with Crippen LogP contribution >= 0.6 is 8.73 Å². The Labute approximate surface area is 63.5 Å². The van der Waals surface area contributed by atoms with E-state index in [-0.39, 0.29) is 0 Å². The van der Waals surface area contributed by atoms with Gasteiger partial charge in [0.25, 0.3) is 0 Å². The van der Waals surface area contributed by atoms with Crippen molar-refractivity contribution in [2.24, 2.45) is 0 Å². The number of rotatable bonds is 1. The summed E-state index contributed by atoms with van der Waals surface area (Å²) in [5.74, 6) is 0.710. The van der Waals surface area contributed by atoms with Crippen LogP contribution in [0.15, 0.2) is 0 Å². The third-order valence-corrected chi connectivity index (χ3v) is 4.35. The van der Waals surface area contributed by atoms with Gasteiger partial charge in [-0.1, -0.05) is 8.73 Å². The fourth-order valence-electron chi connectivity index (χ4n) is 0.936. The molecule has 1 rings (SSSR count). The Balaban J connectivity index is 2.46. The van der Waals surface area contributed by atoms with Gasteiger partial charge in [0.1, 0.15) is 0 Å². The minimum absolute atomic E-state index is 0.355. The largest absolute Gasteiger partial charge is 0.283 e. The second kappa shape index (κ2) is 3.16. The second-order valence-electron chi connectivity index (χ2n) is 2.36. The summed E-state index contributed by atoms with van der Waals surface area (Å²) in [5.41, 5.74) is 0. The quantitative estimate of drug-likeness (QED) is 0.532. The highest BCUT2D eigenvalue weighted by molar-refractivity contribution is 7.91. The van der Waals surface area contributed by atoms with E-state index in [1.165, 1.54) is 0 Å². The average molecular weight is 181 g/mol. The highest BCUT2D eigenvalue weighted by Crippen LogP contribution is 2.15. The zero-order chi connectivity index (χ0) is 7.61. The molecule has 1 aliphatic heterocycles. The first-order chi connectivity index (χ1) is 4.64. The predicted molar refractivity (Wildman–Crippen MR) is 44.5 cm³/mol. The summed E-state index contributed by atoms with van der Waals surface area (Å²) in [7, 11) is -1.91. The van der Waals surface area contributed by atoms with Gasteiger partial charge >= 0.3 is 0 Å². The molecule has 1 atom stereocenters. The van der Waals surface area contributed by atoms with Crippen molar-refractivity contribution in [3.63, 3.8) is 0 Å². The van der Waals surface area contributed by atoms with Crippen LogP contribution < -0.4 is 0 Å². The minimum atomic E-state index is -2.66. The van der Waals surface area contributed by atoms with E-state index < -0.39 is 9.84 Å². The zero-order valence-electron chi connectivity index (χ0n) is 6.00. The highest BCUT2D eigenvalue weighted by atomic mass is 32.2. The molecule has 3 nitrogen and oxygen atoms in total. The number of hydrogen-bond acceptors (Lipinski definition) is 3. The van der Waals surface area contributed by atoms with Crippen LogP contribution in [0.4, 0.5) is 0 Å². The first kappa shape index (κ1) is 8.44. The van der Waals surface area contributed by atoms with Crippen LogP contribution in [0.5, 0.6) is 0 Å². The molecule has 1 aliphatic rings. The lowest BCUT2D eigenvalue weighted by atomic mass is 10.6. The van der Waals surface area contributed by atoms with Crippen molar-refractivity contribution in [3.05, 3.63) is 0 Å². The third kappa shape index (κ3) is 2.19. The Morgan fingerprint density at radius 1 is 1.30 bits per heavy atom. The van der Waals surface area contributed by atoms with Gasteiger partial charge in [0.05, 0.1) is 11.5 Å². The second-order valence-corrected chi connectivity index (χ2v) is 5.75. The van der Waals surface area contributed by atoms with Gasteiger partial charge in [-0.3, -0.25) is 4.67 Å². The monoisotopic (exact) mass is 181 g/mol. The maximum Gasteiger partial charge on any atom is 0.152 e. The molecule has 1 saturated heterocycles. The van der Waals surface area contributed by atoms with Crippen molar-refractivity contribution in [1.82, 2.24) is 4.67 Å². The van der Waals surface area contributed by atoms with Crippen LogP contribution in [0.2, 0.25) is 0 Å². The smallest absolute Gasteiger partial charge is 0.152 e. The standard InChI is InChI=1S/C5H12NO2PS/c1-9-6-2-4-10(7,8)5-3-6/h9H,2-5H2,1H3. The average Bonchev–Trinajstić information content (AvgIpc) is 1.88. The summed E-state index contributed by atoms with van der Waals surface area (Å²) in [6.45, 7) is 3.55. The topological polar surface area (TPSA) is 37.4 Å². The molecule has 0 amide bonds. The Bertz CT molecular complexity index is 188. The highest BCUT2D eigenvalue weighted by Gasteiger charge is 2.19. The minimum Gasteiger partial charge on any atom is -0.283 e. The van der Waals surface area contributed by atoms with E-state index in [9.17, 15) is 8.42 Å². The van der Waals surface area contributed by atoms with Crippen molar-refractivity contribution >= 4 is 18.6 Å². The fraction of sp³-hybridized carbons (Fsp3) is 1.00. The van der Waals surface area contributed by atoms with Gasteiger partial charge in [-0.25, -0.2) is 8.42 Å². The molecule has 0 aliphatic carbocycles. The molecule has 0 saturated carbocycles. The molecular weight excluding hydrogens is 169 g/mol. The van der Waals surface area contributed by atoms with Crippen molar-refractivity contribution in [1.29, 1.82) is 0 Å². The first-order valence-electron chi connectivity index (χ1n) is 3.27. The van der Waals surface area contributed by atoms with Gasteiger partial charge in [-0.15, -0.1) is 0 Å². The Morgan fingerprint density at radius 2 is 1.80 bits per heavy atom. The molecule has 0 aromatic carbocycles. The predicted octanol–water partition coefficient (Wildman–Crippen LogP) is -0.0599. The molecule has 0 aromatic rings. The lowest BCUT2D eigenvalue weighted by molar-refractivity contribution is 0.484. The number of nitrogens with zero attached hydrogens (tertiary/aromatic N) is 1. The maximum atomic E-state index is 10.9. The fourth-order valence-corrected chi connectivity index (χ4v) is 3.13. The van der Waals surface area contributed by atoms with Gasteiger partial charge in [0.2, 0.25) is 0 Å². The van der Waals surface area contributed by atoms with E-state index in [1.807, 2.05) is 0 Å². The van der Waals surface area contributed by atoms with Gasteiger partial charge < -0.3 is 0 Å². The maximum absolute atomic E-state index is 10.9. The van der Waals surface area contributed by atoms with Gasteiger partial charge in [0.15, 0.2) is 9.84 Å². The molecule has 0 aromatic heterocycles. The SMILES string of the molecule is CPN1CCS(=O)(=O)CC1. The first-order valence-corrected chi connectivity index (χ1v) is 6.54. The zero-order valence-corrected chi connectivity index (χ0v) is 7.82. The van der Waals surface area contributed by atoms with Crippen LogP contribution in [0, 0.1) is 0 Å². The van der Waals surface area contributed by atoms with Crippen molar-refractivity contribution in [3.8, 4) is 0 Å². The molecule has 0 spiro atoms. The van der Waals surface area contributed by atoms with Crippen LogP contribution in [0.3, 0.4) is 0 Å².